The van der Waals surface area contributed by atoms with Crippen LogP contribution < -0.4 is 5.73 Å². The zero-order valence-corrected chi connectivity index (χ0v) is 12.4. The Morgan fingerprint density at radius 1 is 1.47 bits per heavy atom. The molecule has 0 spiro atoms. The largest absolute Gasteiger partial charge is 0.477 e. The molecule has 1 heterocycles. The summed E-state index contributed by atoms with van der Waals surface area (Å²) in [4.78, 5) is 15.5. The standard InChI is InChI=1S/C14H24N2O3/c1-13(2,3)11(8-9(15)12(17)18)16-10-6-7-19-14(10,4)5/h8,10H,6-7,15H2,1-5H3,(H,17,18). The van der Waals surface area contributed by atoms with E-state index in [1.165, 1.54) is 6.08 Å². The summed E-state index contributed by atoms with van der Waals surface area (Å²) in [7, 11) is 0. The number of ether oxygens (including phenoxy) is 1. The van der Waals surface area contributed by atoms with Crippen LogP contribution in [0.4, 0.5) is 0 Å². The zero-order chi connectivity index (χ0) is 14.8. The Kier molecular flexibility index (Phi) is 4.40. The molecule has 1 unspecified atom stereocenters. The number of aliphatic imine (C=N–C) groups is 1. The van der Waals surface area contributed by atoms with Gasteiger partial charge in [0.1, 0.15) is 5.70 Å². The van der Waals surface area contributed by atoms with Gasteiger partial charge >= 0.3 is 5.97 Å². The van der Waals surface area contributed by atoms with E-state index >= 15 is 0 Å². The highest BCUT2D eigenvalue weighted by atomic mass is 16.5. The topological polar surface area (TPSA) is 84.9 Å². The maximum atomic E-state index is 10.9. The highest BCUT2D eigenvalue weighted by Crippen LogP contribution is 2.30. The number of allylic oxidation sites excluding steroid dienone is 1. The molecule has 3 N–H and O–H groups in total. The van der Waals surface area contributed by atoms with Gasteiger partial charge in [0.05, 0.1) is 11.6 Å². The fourth-order valence-corrected chi connectivity index (χ4v) is 1.92. The first-order valence-electron chi connectivity index (χ1n) is 6.47. The summed E-state index contributed by atoms with van der Waals surface area (Å²) < 4.78 is 5.64. The van der Waals surface area contributed by atoms with Crippen molar-refractivity contribution >= 4 is 11.7 Å². The maximum Gasteiger partial charge on any atom is 0.351 e. The van der Waals surface area contributed by atoms with Crippen molar-refractivity contribution < 1.29 is 14.6 Å². The molecular formula is C14H24N2O3. The molecule has 0 amide bonds. The Morgan fingerprint density at radius 3 is 2.42 bits per heavy atom. The first-order valence-corrected chi connectivity index (χ1v) is 6.47. The van der Waals surface area contributed by atoms with Crippen molar-refractivity contribution in [3.05, 3.63) is 11.8 Å². The lowest BCUT2D eigenvalue weighted by molar-refractivity contribution is -0.132. The van der Waals surface area contributed by atoms with E-state index in [9.17, 15) is 4.79 Å². The first kappa shape index (κ1) is 15.7. The van der Waals surface area contributed by atoms with Gasteiger partial charge in [-0.15, -0.1) is 0 Å². The molecular weight excluding hydrogens is 244 g/mol. The quantitative estimate of drug-likeness (QED) is 0.605. The molecule has 0 saturated carbocycles. The molecule has 0 aromatic rings. The van der Waals surface area contributed by atoms with E-state index in [0.29, 0.717) is 12.3 Å². The number of carboxylic acids is 1. The average Bonchev–Trinajstić information content (AvgIpc) is 2.55. The van der Waals surface area contributed by atoms with Crippen LogP contribution in [0.2, 0.25) is 0 Å². The molecule has 0 radical (unpaired) electrons. The number of nitrogens with two attached hydrogens (primary N) is 1. The van der Waals surface area contributed by atoms with Gasteiger partial charge in [-0.2, -0.15) is 0 Å². The first-order chi connectivity index (χ1) is 8.54. The molecule has 0 aromatic carbocycles. The second kappa shape index (κ2) is 5.33. The number of rotatable bonds is 3. The van der Waals surface area contributed by atoms with Gasteiger partial charge in [-0.25, -0.2) is 4.79 Å². The minimum absolute atomic E-state index is 0.0274. The third-order valence-electron chi connectivity index (χ3n) is 3.27. The number of hydrogen-bond acceptors (Lipinski definition) is 4. The van der Waals surface area contributed by atoms with E-state index in [0.717, 1.165) is 6.42 Å². The fraction of sp³-hybridized carbons (Fsp3) is 0.714. The third-order valence-corrected chi connectivity index (χ3v) is 3.27. The highest BCUT2D eigenvalue weighted by molar-refractivity contribution is 6.04. The summed E-state index contributed by atoms with van der Waals surface area (Å²) in [6.07, 6.45) is 2.30. The van der Waals surface area contributed by atoms with E-state index in [-0.39, 0.29) is 22.8 Å². The smallest absolute Gasteiger partial charge is 0.351 e. The van der Waals surface area contributed by atoms with E-state index < -0.39 is 5.97 Å². The van der Waals surface area contributed by atoms with Gasteiger partial charge in [0.25, 0.3) is 0 Å². The minimum atomic E-state index is -1.13. The lowest BCUT2D eigenvalue weighted by Crippen LogP contribution is -2.33. The Balaban J connectivity index is 3.12. The van der Waals surface area contributed by atoms with Crippen LogP contribution in [0.25, 0.3) is 0 Å². The van der Waals surface area contributed by atoms with E-state index in [2.05, 4.69) is 0 Å². The SMILES string of the molecule is CC(C)(C)C(C=C(N)C(=O)O)=NC1CCOC1(C)C. The minimum Gasteiger partial charge on any atom is -0.477 e. The fourth-order valence-electron chi connectivity index (χ4n) is 1.92. The molecule has 5 nitrogen and oxygen atoms in total. The molecule has 0 bridgehead atoms. The Hall–Kier alpha value is -1.36. The summed E-state index contributed by atoms with van der Waals surface area (Å²) in [5.41, 5.74) is 5.42. The summed E-state index contributed by atoms with van der Waals surface area (Å²) in [5, 5.41) is 8.89. The predicted molar refractivity (Wildman–Crippen MR) is 75.2 cm³/mol. The zero-order valence-electron chi connectivity index (χ0n) is 12.4. The van der Waals surface area contributed by atoms with Gasteiger partial charge in [0, 0.05) is 17.7 Å². The summed E-state index contributed by atoms with van der Waals surface area (Å²) in [6.45, 7) is 10.6. The van der Waals surface area contributed by atoms with Gasteiger partial charge in [-0.05, 0) is 26.3 Å². The molecule has 108 valence electrons. The number of carbonyl (C=O) groups is 1. The lowest BCUT2D eigenvalue weighted by Gasteiger charge is -2.26. The van der Waals surface area contributed by atoms with Crippen molar-refractivity contribution in [2.45, 2.75) is 52.7 Å². The maximum absolute atomic E-state index is 10.9. The van der Waals surface area contributed by atoms with E-state index in [1.54, 1.807) is 0 Å². The molecule has 0 aliphatic carbocycles. The molecule has 1 rings (SSSR count). The Bertz CT molecular complexity index is 417. The van der Waals surface area contributed by atoms with Gasteiger partial charge in [-0.3, -0.25) is 4.99 Å². The van der Waals surface area contributed by atoms with Crippen molar-refractivity contribution in [2.75, 3.05) is 6.61 Å². The molecule has 1 aliphatic heterocycles. The van der Waals surface area contributed by atoms with Crippen molar-refractivity contribution in [1.82, 2.24) is 0 Å². The normalized spacial score (nSPS) is 24.6. The second-order valence-corrected chi connectivity index (χ2v) is 6.43. The van der Waals surface area contributed by atoms with Gasteiger partial charge < -0.3 is 15.6 Å². The number of hydrogen-bond donors (Lipinski definition) is 2. The molecule has 1 aliphatic rings. The van der Waals surface area contributed by atoms with E-state index in [1.807, 2.05) is 34.6 Å². The molecule has 1 fully saturated rings. The summed E-state index contributed by atoms with van der Waals surface area (Å²) in [5.74, 6) is -1.13. The van der Waals surface area contributed by atoms with Crippen LogP contribution in [-0.2, 0) is 9.53 Å². The van der Waals surface area contributed by atoms with Crippen molar-refractivity contribution in [1.29, 1.82) is 0 Å². The molecule has 1 saturated heterocycles. The van der Waals surface area contributed by atoms with E-state index in [4.69, 9.17) is 20.6 Å². The molecule has 5 heteroatoms. The van der Waals surface area contributed by atoms with Crippen LogP contribution in [0.1, 0.15) is 41.0 Å². The molecule has 1 atom stereocenters. The Morgan fingerprint density at radius 2 is 2.05 bits per heavy atom. The van der Waals surface area contributed by atoms with Gasteiger partial charge in [0.15, 0.2) is 0 Å². The third kappa shape index (κ3) is 4.06. The Labute approximate surface area is 114 Å². The van der Waals surface area contributed by atoms with Gasteiger partial charge in [0.2, 0.25) is 0 Å². The lowest BCUT2D eigenvalue weighted by atomic mass is 9.88. The van der Waals surface area contributed by atoms with Crippen LogP contribution >= 0.6 is 0 Å². The highest BCUT2D eigenvalue weighted by Gasteiger charge is 2.36. The molecule has 19 heavy (non-hydrogen) atoms. The van der Waals surface area contributed by atoms with Crippen molar-refractivity contribution in [3.63, 3.8) is 0 Å². The average molecular weight is 268 g/mol. The van der Waals surface area contributed by atoms with Crippen LogP contribution in [0.5, 0.6) is 0 Å². The van der Waals surface area contributed by atoms with Crippen LogP contribution in [-0.4, -0.2) is 35.0 Å². The molecule has 0 aromatic heterocycles. The summed E-state index contributed by atoms with van der Waals surface area (Å²) >= 11 is 0. The predicted octanol–water partition coefficient (Wildman–Crippen LogP) is 1.97. The monoisotopic (exact) mass is 268 g/mol. The van der Waals surface area contributed by atoms with Crippen LogP contribution in [0.3, 0.4) is 0 Å². The van der Waals surface area contributed by atoms with Gasteiger partial charge in [-0.1, -0.05) is 20.8 Å². The number of aliphatic carboxylic acids is 1. The van der Waals surface area contributed by atoms with Crippen molar-refractivity contribution in [2.24, 2.45) is 16.1 Å². The van der Waals surface area contributed by atoms with Crippen LogP contribution in [0, 0.1) is 5.41 Å². The second-order valence-electron chi connectivity index (χ2n) is 6.43. The number of nitrogens with zero attached hydrogens (tertiary/aromatic N) is 1. The summed E-state index contributed by atoms with van der Waals surface area (Å²) in [6, 6.07) is 0.0274. The van der Waals surface area contributed by atoms with Crippen molar-refractivity contribution in [3.8, 4) is 0 Å². The van der Waals surface area contributed by atoms with Crippen LogP contribution in [0.15, 0.2) is 16.8 Å². The number of carboxylic acid groups (broad SMARTS) is 1.